The number of hydrogen-bond donors (Lipinski definition) is 0. The fraction of sp³-hybridized carbons (Fsp3) is 0.0319. The summed E-state index contributed by atoms with van der Waals surface area (Å²) in [6, 6.07) is 116. The van der Waals surface area contributed by atoms with Gasteiger partial charge < -0.3 is 18.3 Å². The molecule has 0 fully saturated rings. The largest absolute Gasteiger partial charge is 0.317 e. The van der Waals surface area contributed by atoms with Gasteiger partial charge in [-0.05, 0) is 174 Å². The van der Waals surface area contributed by atoms with Crippen LogP contribution in [0, 0.1) is 0 Å². The molecule has 7 heterocycles. The highest BCUT2D eigenvalue weighted by atomic mass is 15.0. The van der Waals surface area contributed by atoms with Gasteiger partial charge in [-0.1, -0.05) is 190 Å². The summed E-state index contributed by atoms with van der Waals surface area (Å²) >= 11 is 0. The van der Waals surface area contributed by atoms with Crippen LogP contribution in [-0.2, 0) is 5.41 Å². The summed E-state index contributed by atoms with van der Waals surface area (Å²) < 4.78 is 9.28. The maximum absolute atomic E-state index is 5.30. The molecular weight excluding hydrogens is 1260 g/mol. The number of pyridine rings is 1. The zero-order valence-corrected chi connectivity index (χ0v) is 56.4. The minimum atomic E-state index is -0.0894. The molecule has 0 atom stereocenters. The van der Waals surface area contributed by atoms with E-state index in [0.717, 1.165) is 95.3 Å². The molecule has 20 aromatic rings. The van der Waals surface area contributed by atoms with Crippen molar-refractivity contribution in [2.75, 3.05) is 0 Å². The van der Waals surface area contributed by atoms with E-state index in [1.807, 2.05) is 36.5 Å². The van der Waals surface area contributed by atoms with Crippen LogP contribution in [0.4, 0.5) is 0 Å². The smallest absolute Gasteiger partial charge is 0.160 e. The lowest BCUT2D eigenvalue weighted by Crippen LogP contribution is -2.14. The van der Waals surface area contributed by atoms with Gasteiger partial charge in [0.15, 0.2) is 11.6 Å². The Morgan fingerprint density at radius 1 is 0.272 bits per heavy atom. The van der Waals surface area contributed by atoms with E-state index in [-0.39, 0.29) is 5.41 Å². The van der Waals surface area contributed by atoms with Crippen molar-refractivity contribution < 1.29 is 0 Å². The molecule has 484 valence electrons. The van der Waals surface area contributed by atoms with Gasteiger partial charge in [0.2, 0.25) is 0 Å². The van der Waals surface area contributed by atoms with Gasteiger partial charge in [0.1, 0.15) is 0 Å². The van der Waals surface area contributed by atoms with Crippen LogP contribution in [0.15, 0.2) is 346 Å². The molecule has 0 aliphatic heterocycles. The van der Waals surface area contributed by atoms with Gasteiger partial charge in [0.05, 0.1) is 61.2 Å². The van der Waals surface area contributed by atoms with E-state index < -0.39 is 0 Å². The molecule has 7 aromatic heterocycles. The molecule has 9 heteroatoms. The van der Waals surface area contributed by atoms with Crippen LogP contribution >= 0.6 is 0 Å². The second-order valence-corrected chi connectivity index (χ2v) is 27.2. The topological polar surface area (TPSA) is 84.2 Å². The van der Waals surface area contributed by atoms with Gasteiger partial charge in [0, 0.05) is 118 Å². The Morgan fingerprint density at radius 3 is 1.22 bits per heavy atom. The maximum atomic E-state index is 5.30. The summed E-state index contributed by atoms with van der Waals surface area (Å²) in [4.78, 5) is 25.1. The Morgan fingerprint density at radius 2 is 0.689 bits per heavy atom. The number of rotatable bonds is 9. The van der Waals surface area contributed by atoms with E-state index in [2.05, 4.69) is 347 Å². The second-order valence-electron chi connectivity index (χ2n) is 27.2. The summed E-state index contributed by atoms with van der Waals surface area (Å²) in [7, 11) is 0. The molecule has 1 aliphatic rings. The van der Waals surface area contributed by atoms with Crippen molar-refractivity contribution in [1.82, 2.24) is 43.2 Å². The Kier molecular flexibility index (Phi) is 13.7. The van der Waals surface area contributed by atoms with Crippen LogP contribution in [0.3, 0.4) is 0 Å². The highest BCUT2D eigenvalue weighted by Crippen LogP contribution is 2.50. The van der Waals surface area contributed by atoms with Crippen molar-refractivity contribution in [3.05, 3.63) is 357 Å². The first-order valence-corrected chi connectivity index (χ1v) is 35.0. The highest BCUT2D eigenvalue weighted by Gasteiger charge is 2.35. The lowest BCUT2D eigenvalue weighted by Gasteiger charge is -2.22. The van der Waals surface area contributed by atoms with Crippen molar-refractivity contribution >= 4 is 87.2 Å². The van der Waals surface area contributed by atoms with Crippen LogP contribution in [0.1, 0.15) is 25.0 Å². The molecule has 0 bridgehead atoms. The number of aromatic nitrogens is 9. The lowest BCUT2D eigenvalue weighted by atomic mass is 9.82. The minimum Gasteiger partial charge on any atom is -0.317 e. The van der Waals surface area contributed by atoms with E-state index in [4.69, 9.17) is 19.9 Å². The van der Waals surface area contributed by atoms with Crippen LogP contribution in [0.25, 0.3) is 178 Å². The SMILES string of the molecule is CC1(C)c2ccccc2-c2ccc(-c3nc(-c4ccc(-n5c6ccccc6c6c7ccn(-c8ccccc8)c7ccc65)cc4)nc4ccccc34)cc21.c1ccc(-n2ccc3c4c5ccccc5n(-c5ccc(-c6nc(-c7ccc(-c8ccccn8)cc7)c7ccccc7n6)cc5)c4ccc32)cc1. The van der Waals surface area contributed by atoms with E-state index in [9.17, 15) is 0 Å². The standard InChI is InChI=1S/C49H34N4.C45H29N5/c1-49(2)40-17-9-6-14-35(40)36-25-22-32(30-41(36)49)47-37-15-7-10-18-42(37)50-48(51-47)31-20-23-34(24-21-31)53-44-19-11-8-16-38(44)46-39-28-29-52(33-12-4-3-5-13-33)43(39)26-27-45(46)53;1-2-10-33(11-3-1)49-29-27-37-40(49)25-26-42-43(37)36-13-5-7-16-41(36)50(42)34-23-21-32(22-24-34)45-47-39-15-6-4-12-35(39)44(48-45)31-19-17-30(18-20-31)38-14-8-9-28-46-38/h3-30H,1-2H3;1-29H. The first kappa shape index (κ1) is 59.4. The number of nitrogens with zero attached hydrogens (tertiary/aromatic N) is 9. The molecule has 21 rings (SSSR count). The first-order chi connectivity index (χ1) is 50.8. The van der Waals surface area contributed by atoms with Crippen LogP contribution < -0.4 is 0 Å². The molecule has 0 unspecified atom stereocenters. The third-order valence-corrected chi connectivity index (χ3v) is 21.0. The van der Waals surface area contributed by atoms with E-state index in [1.54, 1.807) is 0 Å². The highest BCUT2D eigenvalue weighted by molar-refractivity contribution is 6.22. The fourth-order valence-electron chi connectivity index (χ4n) is 16.1. The van der Waals surface area contributed by atoms with Gasteiger partial charge in [-0.3, -0.25) is 4.98 Å². The maximum Gasteiger partial charge on any atom is 0.160 e. The fourth-order valence-corrected chi connectivity index (χ4v) is 16.1. The summed E-state index contributed by atoms with van der Waals surface area (Å²) in [6.07, 6.45) is 6.18. The van der Waals surface area contributed by atoms with Crippen molar-refractivity contribution in [1.29, 1.82) is 0 Å². The molecule has 0 N–H and O–H groups in total. The first-order valence-electron chi connectivity index (χ1n) is 35.0. The van der Waals surface area contributed by atoms with Crippen molar-refractivity contribution in [3.63, 3.8) is 0 Å². The molecule has 0 spiro atoms. The molecule has 0 saturated heterocycles. The predicted molar refractivity (Wildman–Crippen MR) is 424 cm³/mol. The average molecular weight is 1320 g/mol. The van der Waals surface area contributed by atoms with E-state index in [1.165, 1.54) is 87.7 Å². The van der Waals surface area contributed by atoms with Crippen molar-refractivity contribution in [3.8, 4) is 90.4 Å². The number of para-hydroxylation sites is 6. The van der Waals surface area contributed by atoms with Crippen molar-refractivity contribution in [2.24, 2.45) is 0 Å². The molecule has 0 saturated carbocycles. The monoisotopic (exact) mass is 1320 g/mol. The number of fused-ring (bicyclic) bond motifs is 15. The second kappa shape index (κ2) is 23.8. The quantitative estimate of drug-likeness (QED) is 0.144. The molecule has 103 heavy (non-hydrogen) atoms. The minimum absolute atomic E-state index is 0.0894. The van der Waals surface area contributed by atoms with Crippen LogP contribution in [0.2, 0.25) is 0 Å². The third kappa shape index (κ3) is 9.72. The predicted octanol–water partition coefficient (Wildman–Crippen LogP) is 23.4. The zero-order valence-electron chi connectivity index (χ0n) is 56.4. The summed E-state index contributed by atoms with van der Waals surface area (Å²) in [5.74, 6) is 1.42. The normalized spacial score (nSPS) is 12.4. The summed E-state index contributed by atoms with van der Waals surface area (Å²) in [6.45, 7) is 4.65. The molecule has 0 amide bonds. The summed E-state index contributed by atoms with van der Waals surface area (Å²) in [5, 5.41) is 9.56. The lowest BCUT2D eigenvalue weighted by molar-refractivity contribution is 0.660. The van der Waals surface area contributed by atoms with Gasteiger partial charge in [-0.15, -0.1) is 0 Å². The van der Waals surface area contributed by atoms with Gasteiger partial charge in [0.25, 0.3) is 0 Å². The summed E-state index contributed by atoms with van der Waals surface area (Å²) in [5.41, 5.74) is 26.7. The third-order valence-electron chi connectivity index (χ3n) is 21.0. The Hall–Kier alpha value is -13.6. The number of hydrogen-bond acceptors (Lipinski definition) is 5. The Labute approximate surface area is 593 Å². The van der Waals surface area contributed by atoms with Crippen LogP contribution in [-0.4, -0.2) is 43.2 Å². The Bertz CT molecular complexity index is 6720. The van der Waals surface area contributed by atoms with Crippen LogP contribution in [0.5, 0.6) is 0 Å². The molecule has 9 nitrogen and oxygen atoms in total. The van der Waals surface area contributed by atoms with Gasteiger partial charge in [-0.2, -0.15) is 0 Å². The molecule has 1 aliphatic carbocycles. The molecule has 0 radical (unpaired) electrons. The Balaban J connectivity index is 0.000000138. The molecule has 13 aromatic carbocycles. The average Bonchev–Trinajstić information content (AvgIpc) is 1.59. The van der Waals surface area contributed by atoms with Crippen molar-refractivity contribution in [2.45, 2.75) is 19.3 Å². The van der Waals surface area contributed by atoms with Gasteiger partial charge in [-0.25, -0.2) is 19.9 Å². The molecular formula is C94H63N9. The van der Waals surface area contributed by atoms with E-state index >= 15 is 0 Å². The van der Waals surface area contributed by atoms with E-state index in [0.29, 0.717) is 5.82 Å². The zero-order chi connectivity index (χ0) is 68.3. The van der Waals surface area contributed by atoms with Gasteiger partial charge >= 0.3 is 0 Å². The number of benzene rings is 13.